The van der Waals surface area contributed by atoms with Crippen LogP contribution >= 0.6 is 0 Å². The molecule has 0 spiro atoms. The first-order valence-corrected chi connectivity index (χ1v) is 6.74. The SMILES string of the molecule is CC12C=C(O)C=CC1=CC=CC2c1ccccc1[N+](=O)[O-]. The maximum absolute atomic E-state index is 11.3. The van der Waals surface area contributed by atoms with Gasteiger partial charge < -0.3 is 5.11 Å². The molecule has 4 nitrogen and oxygen atoms in total. The van der Waals surface area contributed by atoms with Crippen LogP contribution in [0, 0.1) is 15.5 Å². The number of aliphatic hydroxyl groups excluding tert-OH is 1. The van der Waals surface area contributed by atoms with Gasteiger partial charge in [-0.1, -0.05) is 49.4 Å². The van der Waals surface area contributed by atoms with E-state index in [9.17, 15) is 15.2 Å². The van der Waals surface area contributed by atoms with Gasteiger partial charge in [-0.3, -0.25) is 10.1 Å². The Bertz CT molecular complexity index is 727. The Kier molecular flexibility index (Phi) is 3.01. The van der Waals surface area contributed by atoms with Crippen molar-refractivity contribution in [2.24, 2.45) is 5.41 Å². The summed E-state index contributed by atoms with van der Waals surface area (Å²) in [5.74, 6) is -0.000246. The van der Waals surface area contributed by atoms with Crippen LogP contribution in [0.3, 0.4) is 0 Å². The van der Waals surface area contributed by atoms with E-state index < -0.39 is 5.41 Å². The van der Waals surface area contributed by atoms with Gasteiger partial charge in [0.25, 0.3) is 5.69 Å². The Morgan fingerprint density at radius 2 is 2.05 bits per heavy atom. The van der Waals surface area contributed by atoms with Crippen molar-refractivity contribution >= 4 is 5.69 Å². The quantitative estimate of drug-likeness (QED) is 0.653. The lowest BCUT2D eigenvalue weighted by atomic mass is 9.64. The number of nitrogens with zero attached hydrogens (tertiary/aromatic N) is 1. The van der Waals surface area contributed by atoms with E-state index in [4.69, 9.17) is 0 Å². The van der Waals surface area contributed by atoms with E-state index in [1.54, 1.807) is 30.4 Å². The fourth-order valence-corrected chi connectivity index (χ4v) is 3.11. The van der Waals surface area contributed by atoms with E-state index in [1.165, 1.54) is 6.07 Å². The van der Waals surface area contributed by atoms with Crippen LogP contribution in [-0.2, 0) is 0 Å². The number of rotatable bonds is 2. The molecule has 0 saturated heterocycles. The topological polar surface area (TPSA) is 63.4 Å². The van der Waals surface area contributed by atoms with Crippen LogP contribution in [0.1, 0.15) is 18.4 Å². The third-order valence-corrected chi connectivity index (χ3v) is 4.20. The average molecular weight is 281 g/mol. The van der Waals surface area contributed by atoms with Gasteiger partial charge in [-0.25, -0.2) is 0 Å². The molecular formula is C17H15NO3. The number of hydrogen-bond acceptors (Lipinski definition) is 3. The van der Waals surface area contributed by atoms with E-state index in [0.717, 1.165) is 5.57 Å². The maximum Gasteiger partial charge on any atom is 0.273 e. The lowest BCUT2D eigenvalue weighted by Crippen LogP contribution is -2.28. The monoisotopic (exact) mass is 281 g/mol. The van der Waals surface area contributed by atoms with Crippen molar-refractivity contribution in [2.45, 2.75) is 12.8 Å². The molecule has 1 N–H and O–H groups in total. The predicted molar refractivity (Wildman–Crippen MR) is 81.0 cm³/mol. The highest BCUT2D eigenvalue weighted by atomic mass is 16.6. The Morgan fingerprint density at radius 1 is 1.29 bits per heavy atom. The van der Waals surface area contributed by atoms with E-state index in [-0.39, 0.29) is 22.3 Å². The summed E-state index contributed by atoms with van der Waals surface area (Å²) >= 11 is 0. The highest BCUT2D eigenvalue weighted by molar-refractivity contribution is 5.54. The number of nitro benzene ring substituents is 1. The Hall–Kier alpha value is -2.62. The van der Waals surface area contributed by atoms with Crippen LogP contribution in [0.4, 0.5) is 5.69 Å². The molecule has 1 aromatic rings. The van der Waals surface area contributed by atoms with Crippen molar-refractivity contribution in [2.75, 3.05) is 0 Å². The number of fused-ring (bicyclic) bond motifs is 1. The molecule has 0 bridgehead atoms. The zero-order chi connectivity index (χ0) is 15.0. The summed E-state index contributed by atoms with van der Waals surface area (Å²) in [5, 5.41) is 21.1. The molecule has 0 heterocycles. The van der Waals surface area contributed by atoms with Gasteiger partial charge in [0.2, 0.25) is 0 Å². The number of benzene rings is 1. The number of hydrogen-bond donors (Lipinski definition) is 1. The van der Waals surface area contributed by atoms with Gasteiger partial charge >= 0.3 is 0 Å². The van der Waals surface area contributed by atoms with Crippen molar-refractivity contribution < 1.29 is 10.0 Å². The Morgan fingerprint density at radius 3 is 2.81 bits per heavy atom. The molecule has 4 heteroatoms. The second-order valence-corrected chi connectivity index (χ2v) is 5.49. The van der Waals surface area contributed by atoms with E-state index >= 15 is 0 Å². The van der Waals surface area contributed by atoms with Crippen molar-refractivity contribution in [3.8, 4) is 0 Å². The summed E-state index contributed by atoms with van der Waals surface area (Å²) in [4.78, 5) is 10.9. The Labute approximate surface area is 122 Å². The third-order valence-electron chi connectivity index (χ3n) is 4.20. The van der Waals surface area contributed by atoms with Crippen molar-refractivity contribution in [1.29, 1.82) is 0 Å². The fourth-order valence-electron chi connectivity index (χ4n) is 3.11. The highest BCUT2D eigenvalue weighted by Crippen LogP contribution is 2.50. The minimum atomic E-state index is -0.486. The minimum Gasteiger partial charge on any atom is -0.508 e. The van der Waals surface area contributed by atoms with Crippen LogP contribution in [-0.4, -0.2) is 10.0 Å². The van der Waals surface area contributed by atoms with Gasteiger partial charge in [-0.15, -0.1) is 0 Å². The summed E-state index contributed by atoms with van der Waals surface area (Å²) in [6.07, 6.45) is 11.1. The Balaban J connectivity index is 2.16. The molecule has 2 atom stereocenters. The van der Waals surface area contributed by atoms with Crippen LogP contribution in [0.15, 0.2) is 72.1 Å². The van der Waals surface area contributed by atoms with Gasteiger partial charge in [0.15, 0.2) is 0 Å². The smallest absolute Gasteiger partial charge is 0.273 e. The summed E-state index contributed by atoms with van der Waals surface area (Å²) in [7, 11) is 0. The molecule has 0 radical (unpaired) electrons. The minimum absolute atomic E-state index is 0.108. The zero-order valence-corrected chi connectivity index (χ0v) is 11.6. The van der Waals surface area contributed by atoms with Crippen LogP contribution in [0.2, 0.25) is 0 Å². The molecule has 0 fully saturated rings. The zero-order valence-electron chi connectivity index (χ0n) is 11.6. The molecule has 0 aromatic heterocycles. The molecular weight excluding hydrogens is 266 g/mol. The van der Waals surface area contributed by atoms with Crippen molar-refractivity contribution in [3.63, 3.8) is 0 Å². The molecule has 0 amide bonds. The molecule has 2 aliphatic carbocycles. The van der Waals surface area contributed by atoms with Gasteiger partial charge in [0.1, 0.15) is 5.76 Å². The standard InChI is InChI=1S/C17H15NO3/c1-17-11-13(19)10-9-12(17)5-4-7-15(17)14-6-2-3-8-16(14)18(20)21/h2-11,15,19H,1H3. The number of para-hydroxylation sites is 1. The molecule has 3 rings (SSSR count). The normalized spacial score (nSPS) is 26.8. The first-order valence-electron chi connectivity index (χ1n) is 6.74. The van der Waals surface area contributed by atoms with Gasteiger partial charge in [-0.2, -0.15) is 0 Å². The molecule has 0 saturated carbocycles. The molecule has 106 valence electrons. The van der Waals surface area contributed by atoms with Crippen LogP contribution < -0.4 is 0 Å². The number of nitro groups is 1. The molecule has 21 heavy (non-hydrogen) atoms. The molecule has 2 aliphatic rings. The second kappa shape index (κ2) is 4.74. The summed E-state index contributed by atoms with van der Waals surface area (Å²) in [6, 6.07) is 6.78. The van der Waals surface area contributed by atoms with Gasteiger partial charge in [0.05, 0.1) is 4.92 Å². The van der Waals surface area contributed by atoms with Crippen molar-refractivity contribution in [3.05, 3.63) is 87.7 Å². The third kappa shape index (κ3) is 2.09. The highest BCUT2D eigenvalue weighted by Gasteiger charge is 2.40. The van der Waals surface area contributed by atoms with E-state index in [2.05, 4.69) is 0 Å². The van der Waals surface area contributed by atoms with E-state index in [0.29, 0.717) is 5.56 Å². The first-order chi connectivity index (χ1) is 10.0. The number of aliphatic hydroxyl groups is 1. The lowest BCUT2D eigenvalue weighted by Gasteiger charge is -2.38. The molecule has 2 unspecified atom stereocenters. The van der Waals surface area contributed by atoms with Crippen LogP contribution in [0.5, 0.6) is 0 Å². The largest absolute Gasteiger partial charge is 0.508 e. The fraction of sp³-hybridized carbons (Fsp3) is 0.176. The first kappa shape index (κ1) is 13.4. The van der Waals surface area contributed by atoms with Crippen LogP contribution in [0.25, 0.3) is 0 Å². The lowest BCUT2D eigenvalue weighted by molar-refractivity contribution is -0.385. The summed E-state index contributed by atoms with van der Waals surface area (Å²) in [6.45, 7) is 1.99. The van der Waals surface area contributed by atoms with Gasteiger partial charge in [-0.05, 0) is 17.7 Å². The predicted octanol–water partition coefficient (Wildman–Crippen LogP) is 4.19. The summed E-state index contributed by atoms with van der Waals surface area (Å²) < 4.78 is 0. The number of allylic oxidation sites excluding steroid dienone is 7. The molecule has 1 aromatic carbocycles. The maximum atomic E-state index is 11.3. The van der Waals surface area contributed by atoms with Crippen molar-refractivity contribution in [1.82, 2.24) is 0 Å². The van der Waals surface area contributed by atoms with E-state index in [1.807, 2.05) is 31.2 Å². The molecule has 0 aliphatic heterocycles. The average Bonchev–Trinajstić information content (AvgIpc) is 2.45. The second-order valence-electron chi connectivity index (χ2n) is 5.49. The van der Waals surface area contributed by atoms with Gasteiger partial charge in [0, 0.05) is 23.0 Å². The summed E-state index contributed by atoms with van der Waals surface area (Å²) in [5.41, 5.74) is 1.31.